The van der Waals surface area contributed by atoms with Crippen LogP contribution in [0.2, 0.25) is 0 Å². The molecule has 0 saturated carbocycles. The molecule has 0 aliphatic carbocycles. The second kappa shape index (κ2) is 9.04. The van der Waals surface area contributed by atoms with Gasteiger partial charge in [0.05, 0.1) is 6.42 Å². The van der Waals surface area contributed by atoms with Gasteiger partial charge in [0, 0.05) is 36.7 Å². The third-order valence-corrected chi connectivity index (χ3v) is 3.27. The molecule has 8 heteroatoms. The molecule has 0 atom stereocenters. The minimum absolute atomic E-state index is 0.108. The number of benzene rings is 1. The first-order chi connectivity index (χ1) is 10.4. The number of carbonyl (C=O) groups is 3. The van der Waals surface area contributed by atoms with Gasteiger partial charge in [0.2, 0.25) is 0 Å². The molecule has 1 aromatic carbocycles. The summed E-state index contributed by atoms with van der Waals surface area (Å²) in [6.45, 7) is 0.672. The smallest absolute Gasteiger partial charge is 0.317 e. The summed E-state index contributed by atoms with van der Waals surface area (Å²) in [7, 11) is 1.51. The molecule has 0 aromatic heterocycles. The Labute approximate surface area is 136 Å². The molecular weight excluding hydrogens is 354 g/mol. The molecule has 3 amide bonds. The zero-order valence-electron chi connectivity index (χ0n) is 12.1. The highest BCUT2D eigenvalue weighted by atomic mass is 79.9. The molecule has 120 valence electrons. The minimum atomic E-state index is -0.957. The van der Waals surface area contributed by atoms with Crippen LogP contribution in [0.3, 0.4) is 0 Å². The van der Waals surface area contributed by atoms with Gasteiger partial charge in [-0.25, -0.2) is 4.79 Å². The topological polar surface area (TPSA) is 98.7 Å². The molecule has 1 aromatic rings. The van der Waals surface area contributed by atoms with Gasteiger partial charge in [0.25, 0.3) is 5.91 Å². The SMILES string of the molecule is CN(CCC(=O)O)C(=O)NCCNC(=O)c1cccc(Br)c1. The van der Waals surface area contributed by atoms with Crippen LogP contribution in [-0.4, -0.2) is 54.6 Å². The van der Waals surface area contributed by atoms with Crippen molar-refractivity contribution >= 4 is 33.8 Å². The summed E-state index contributed by atoms with van der Waals surface area (Å²) in [5, 5.41) is 13.8. The Kier molecular flexibility index (Phi) is 7.38. The quantitative estimate of drug-likeness (QED) is 0.629. The van der Waals surface area contributed by atoms with Crippen LogP contribution in [0.25, 0.3) is 0 Å². The van der Waals surface area contributed by atoms with Gasteiger partial charge >= 0.3 is 12.0 Å². The predicted octanol–water partition coefficient (Wildman–Crippen LogP) is 1.30. The second-order valence-electron chi connectivity index (χ2n) is 4.56. The van der Waals surface area contributed by atoms with Gasteiger partial charge in [-0.05, 0) is 18.2 Å². The van der Waals surface area contributed by atoms with E-state index in [-0.39, 0.29) is 38.0 Å². The van der Waals surface area contributed by atoms with Gasteiger partial charge < -0.3 is 20.6 Å². The summed E-state index contributed by atoms with van der Waals surface area (Å²) in [4.78, 5) is 35.1. The van der Waals surface area contributed by atoms with Crippen LogP contribution in [0.1, 0.15) is 16.8 Å². The fraction of sp³-hybridized carbons (Fsp3) is 0.357. The summed E-state index contributed by atoms with van der Waals surface area (Å²) in [5.74, 6) is -1.18. The lowest BCUT2D eigenvalue weighted by Gasteiger charge is -2.17. The summed E-state index contributed by atoms with van der Waals surface area (Å²) in [6, 6.07) is 6.60. The zero-order valence-corrected chi connectivity index (χ0v) is 13.7. The number of carbonyl (C=O) groups excluding carboxylic acids is 2. The number of carboxylic acids is 1. The van der Waals surface area contributed by atoms with E-state index in [1.807, 2.05) is 6.07 Å². The lowest BCUT2D eigenvalue weighted by atomic mass is 10.2. The Morgan fingerprint density at radius 1 is 1.23 bits per heavy atom. The average Bonchev–Trinajstić information content (AvgIpc) is 2.48. The highest BCUT2D eigenvalue weighted by Crippen LogP contribution is 2.11. The van der Waals surface area contributed by atoms with E-state index in [0.29, 0.717) is 5.56 Å². The molecule has 0 unspecified atom stereocenters. The number of amides is 3. The molecule has 0 aliphatic rings. The Hall–Kier alpha value is -2.09. The van der Waals surface area contributed by atoms with E-state index in [1.165, 1.54) is 11.9 Å². The number of carboxylic acid groups (broad SMARTS) is 1. The van der Waals surface area contributed by atoms with Crippen molar-refractivity contribution in [3.8, 4) is 0 Å². The third-order valence-electron chi connectivity index (χ3n) is 2.78. The van der Waals surface area contributed by atoms with Crippen molar-refractivity contribution in [2.75, 3.05) is 26.7 Å². The van der Waals surface area contributed by atoms with Crippen molar-refractivity contribution in [3.05, 3.63) is 34.3 Å². The monoisotopic (exact) mass is 371 g/mol. The number of urea groups is 1. The Bertz CT molecular complexity index is 551. The number of aliphatic carboxylic acids is 1. The van der Waals surface area contributed by atoms with Gasteiger partial charge in [-0.3, -0.25) is 9.59 Å². The number of hydrogen-bond donors (Lipinski definition) is 3. The van der Waals surface area contributed by atoms with E-state index in [1.54, 1.807) is 18.2 Å². The first kappa shape index (κ1) is 18.0. The molecule has 0 heterocycles. The number of hydrogen-bond acceptors (Lipinski definition) is 3. The summed E-state index contributed by atoms with van der Waals surface area (Å²) in [6.07, 6.45) is -0.108. The molecule has 22 heavy (non-hydrogen) atoms. The van der Waals surface area contributed by atoms with Crippen molar-refractivity contribution in [2.24, 2.45) is 0 Å². The molecule has 1 rings (SSSR count). The van der Waals surface area contributed by atoms with E-state index in [4.69, 9.17) is 5.11 Å². The minimum Gasteiger partial charge on any atom is -0.481 e. The highest BCUT2D eigenvalue weighted by molar-refractivity contribution is 9.10. The van der Waals surface area contributed by atoms with E-state index >= 15 is 0 Å². The maximum absolute atomic E-state index is 11.8. The van der Waals surface area contributed by atoms with Crippen molar-refractivity contribution in [3.63, 3.8) is 0 Å². The zero-order chi connectivity index (χ0) is 16.5. The maximum atomic E-state index is 11.8. The van der Waals surface area contributed by atoms with E-state index < -0.39 is 5.97 Å². The fourth-order valence-corrected chi connectivity index (χ4v) is 1.98. The van der Waals surface area contributed by atoms with Crippen LogP contribution in [-0.2, 0) is 4.79 Å². The maximum Gasteiger partial charge on any atom is 0.317 e. The van der Waals surface area contributed by atoms with Crippen molar-refractivity contribution in [1.29, 1.82) is 0 Å². The van der Waals surface area contributed by atoms with Crippen LogP contribution in [0, 0.1) is 0 Å². The lowest BCUT2D eigenvalue weighted by Crippen LogP contribution is -2.41. The molecule has 0 radical (unpaired) electrons. The van der Waals surface area contributed by atoms with E-state index in [0.717, 1.165) is 4.47 Å². The molecule has 3 N–H and O–H groups in total. The first-order valence-corrected chi connectivity index (χ1v) is 7.44. The van der Waals surface area contributed by atoms with Gasteiger partial charge in [-0.2, -0.15) is 0 Å². The molecule has 0 aliphatic heterocycles. The normalized spacial score (nSPS) is 9.91. The summed E-state index contributed by atoms with van der Waals surface area (Å²) in [5.41, 5.74) is 0.527. The molecule has 0 bridgehead atoms. The highest BCUT2D eigenvalue weighted by Gasteiger charge is 2.10. The fourth-order valence-electron chi connectivity index (χ4n) is 1.58. The van der Waals surface area contributed by atoms with E-state index in [2.05, 4.69) is 26.6 Å². The van der Waals surface area contributed by atoms with Gasteiger partial charge in [0.15, 0.2) is 0 Å². The number of rotatable bonds is 7. The lowest BCUT2D eigenvalue weighted by molar-refractivity contribution is -0.137. The summed E-state index contributed by atoms with van der Waals surface area (Å²) >= 11 is 3.29. The molecule has 0 spiro atoms. The second-order valence-corrected chi connectivity index (χ2v) is 5.48. The van der Waals surface area contributed by atoms with Gasteiger partial charge in [-0.1, -0.05) is 22.0 Å². The van der Waals surface area contributed by atoms with Gasteiger partial charge in [-0.15, -0.1) is 0 Å². The van der Waals surface area contributed by atoms with Crippen molar-refractivity contribution in [2.45, 2.75) is 6.42 Å². The Morgan fingerprint density at radius 2 is 1.91 bits per heavy atom. The average molecular weight is 372 g/mol. The largest absolute Gasteiger partial charge is 0.481 e. The Balaban J connectivity index is 2.25. The third kappa shape index (κ3) is 6.57. The molecular formula is C14H18BrN3O4. The van der Waals surface area contributed by atoms with Gasteiger partial charge in [0.1, 0.15) is 0 Å². The molecule has 0 fully saturated rings. The number of nitrogens with one attached hydrogen (secondary N) is 2. The first-order valence-electron chi connectivity index (χ1n) is 6.64. The number of halogens is 1. The van der Waals surface area contributed by atoms with E-state index in [9.17, 15) is 14.4 Å². The number of nitrogens with zero attached hydrogens (tertiary/aromatic N) is 1. The van der Waals surface area contributed by atoms with Crippen molar-refractivity contribution < 1.29 is 19.5 Å². The van der Waals surface area contributed by atoms with Crippen LogP contribution in [0.4, 0.5) is 4.79 Å². The van der Waals surface area contributed by atoms with Crippen LogP contribution in [0.15, 0.2) is 28.7 Å². The van der Waals surface area contributed by atoms with Crippen molar-refractivity contribution in [1.82, 2.24) is 15.5 Å². The molecule has 0 saturated heterocycles. The Morgan fingerprint density at radius 3 is 2.55 bits per heavy atom. The van der Waals surface area contributed by atoms with Crippen LogP contribution < -0.4 is 10.6 Å². The van der Waals surface area contributed by atoms with Crippen LogP contribution >= 0.6 is 15.9 Å². The summed E-state index contributed by atoms with van der Waals surface area (Å²) < 4.78 is 0.813. The van der Waals surface area contributed by atoms with Crippen LogP contribution in [0.5, 0.6) is 0 Å². The standard InChI is InChI=1S/C14H18BrN3O4/c1-18(8-5-12(19)20)14(22)17-7-6-16-13(21)10-3-2-4-11(15)9-10/h2-4,9H,5-8H2,1H3,(H,16,21)(H,17,22)(H,19,20). The predicted molar refractivity (Wildman–Crippen MR) is 84.8 cm³/mol. The molecule has 7 nitrogen and oxygen atoms in total.